The van der Waals surface area contributed by atoms with Gasteiger partial charge in [-0.25, -0.2) is 9.78 Å². The van der Waals surface area contributed by atoms with Crippen molar-refractivity contribution in [1.29, 1.82) is 0 Å². The number of benzene rings is 1. The van der Waals surface area contributed by atoms with Gasteiger partial charge in [0.1, 0.15) is 5.75 Å². The molecule has 0 aliphatic heterocycles. The van der Waals surface area contributed by atoms with Crippen LogP contribution in [-0.4, -0.2) is 23.4 Å². The number of halogens is 1. The molecule has 0 spiro atoms. The SMILES string of the molecule is Oc1ccccc1C1CCC(OOC2CC3CC(CC(OF)C3)C2)CC1. The maximum atomic E-state index is 12.5. The van der Waals surface area contributed by atoms with Gasteiger partial charge in [-0.1, -0.05) is 18.2 Å². The molecular formula is C21H29FO4. The van der Waals surface area contributed by atoms with E-state index in [4.69, 9.17) is 9.78 Å². The molecule has 0 aromatic heterocycles. The van der Waals surface area contributed by atoms with Crippen molar-refractivity contribution in [3.63, 3.8) is 0 Å². The molecule has 0 saturated heterocycles. The minimum absolute atomic E-state index is 0.134. The number of phenols is 1. The Bertz CT molecular complexity index is 573. The summed E-state index contributed by atoms with van der Waals surface area (Å²) in [4.78, 5) is 15.7. The van der Waals surface area contributed by atoms with E-state index >= 15 is 0 Å². The molecule has 2 unspecified atom stereocenters. The van der Waals surface area contributed by atoms with Crippen LogP contribution in [0, 0.1) is 11.8 Å². The molecule has 2 atom stereocenters. The molecule has 5 heteroatoms. The molecule has 3 aliphatic rings. The van der Waals surface area contributed by atoms with E-state index in [0.29, 0.717) is 23.5 Å². The fourth-order valence-electron chi connectivity index (χ4n) is 5.34. The van der Waals surface area contributed by atoms with Crippen molar-refractivity contribution in [3.8, 4) is 5.75 Å². The van der Waals surface area contributed by atoms with E-state index in [2.05, 4.69) is 4.94 Å². The van der Waals surface area contributed by atoms with Crippen LogP contribution in [0.3, 0.4) is 0 Å². The van der Waals surface area contributed by atoms with Crippen LogP contribution in [0.1, 0.15) is 69.3 Å². The summed E-state index contributed by atoms with van der Waals surface area (Å²) in [6.07, 6.45) is 8.66. The van der Waals surface area contributed by atoms with Crippen molar-refractivity contribution in [2.45, 2.75) is 82.0 Å². The van der Waals surface area contributed by atoms with Gasteiger partial charge in [0.15, 0.2) is 0 Å². The molecule has 4 rings (SSSR count). The lowest BCUT2D eigenvalue weighted by Gasteiger charge is -2.40. The smallest absolute Gasteiger partial charge is 0.119 e. The quantitative estimate of drug-likeness (QED) is 0.575. The van der Waals surface area contributed by atoms with E-state index in [1.54, 1.807) is 6.07 Å². The monoisotopic (exact) mass is 364 g/mol. The van der Waals surface area contributed by atoms with E-state index in [0.717, 1.165) is 56.9 Å². The van der Waals surface area contributed by atoms with Crippen LogP contribution >= 0.6 is 0 Å². The van der Waals surface area contributed by atoms with Gasteiger partial charge in [-0.15, -0.1) is 0 Å². The Morgan fingerprint density at radius 3 is 2.04 bits per heavy atom. The third kappa shape index (κ3) is 4.21. The van der Waals surface area contributed by atoms with Gasteiger partial charge in [-0.3, -0.25) is 0 Å². The van der Waals surface area contributed by atoms with E-state index in [-0.39, 0.29) is 18.3 Å². The van der Waals surface area contributed by atoms with Crippen LogP contribution in [0.5, 0.6) is 5.75 Å². The zero-order chi connectivity index (χ0) is 17.9. The van der Waals surface area contributed by atoms with Gasteiger partial charge < -0.3 is 5.11 Å². The molecule has 1 aromatic rings. The van der Waals surface area contributed by atoms with Crippen molar-refractivity contribution in [3.05, 3.63) is 29.8 Å². The maximum Gasteiger partial charge on any atom is 0.119 e. The first-order chi connectivity index (χ1) is 12.7. The molecule has 1 N–H and O–H groups in total. The zero-order valence-electron chi connectivity index (χ0n) is 15.2. The number of fused-ring (bicyclic) bond motifs is 2. The molecule has 3 aliphatic carbocycles. The Kier molecular flexibility index (Phi) is 5.77. The molecular weight excluding hydrogens is 335 g/mol. The summed E-state index contributed by atoms with van der Waals surface area (Å²) in [5.74, 6) is 1.79. The van der Waals surface area contributed by atoms with Crippen LogP contribution in [0.4, 0.5) is 4.53 Å². The molecule has 0 amide bonds. The average molecular weight is 364 g/mol. The highest BCUT2D eigenvalue weighted by molar-refractivity contribution is 5.35. The number of phenolic OH excluding ortho intramolecular Hbond substituents is 1. The summed E-state index contributed by atoms with van der Waals surface area (Å²) in [5.41, 5.74) is 1.05. The van der Waals surface area contributed by atoms with Gasteiger partial charge in [0.05, 0.1) is 18.3 Å². The topological polar surface area (TPSA) is 47.9 Å². The van der Waals surface area contributed by atoms with Gasteiger partial charge in [0.2, 0.25) is 0 Å². The highest BCUT2D eigenvalue weighted by Crippen LogP contribution is 2.43. The molecule has 3 saturated carbocycles. The summed E-state index contributed by atoms with van der Waals surface area (Å²) in [6.45, 7) is 0. The van der Waals surface area contributed by atoms with Gasteiger partial charge in [0.25, 0.3) is 0 Å². The molecule has 0 radical (unpaired) electrons. The van der Waals surface area contributed by atoms with Crippen LogP contribution < -0.4 is 0 Å². The highest BCUT2D eigenvalue weighted by atomic mass is 19.3. The summed E-state index contributed by atoms with van der Waals surface area (Å²) >= 11 is 0. The zero-order valence-corrected chi connectivity index (χ0v) is 15.2. The van der Waals surface area contributed by atoms with E-state index in [1.165, 1.54) is 6.42 Å². The summed E-state index contributed by atoms with van der Waals surface area (Å²) in [6, 6.07) is 7.63. The van der Waals surface area contributed by atoms with Crippen molar-refractivity contribution >= 4 is 0 Å². The van der Waals surface area contributed by atoms with Gasteiger partial charge in [-0.2, -0.15) is 4.94 Å². The second-order valence-corrected chi connectivity index (χ2v) is 8.47. The minimum atomic E-state index is -0.217. The molecule has 1 aromatic carbocycles. The Balaban J connectivity index is 1.22. The predicted molar refractivity (Wildman–Crippen MR) is 95.1 cm³/mol. The molecule has 26 heavy (non-hydrogen) atoms. The lowest BCUT2D eigenvalue weighted by atomic mass is 9.70. The van der Waals surface area contributed by atoms with Crippen LogP contribution in [0.15, 0.2) is 24.3 Å². The van der Waals surface area contributed by atoms with Crippen LogP contribution in [0.25, 0.3) is 0 Å². The standard InChI is InChI=1S/C21H29FO4/c22-24-18-10-14-9-15(11-18)13-19(12-14)26-25-17-7-5-16(6-8-17)20-3-1-2-4-21(20)23/h1-4,14-19,23H,5-13H2. The highest BCUT2D eigenvalue weighted by Gasteiger charge is 2.38. The maximum absolute atomic E-state index is 12.5. The number of para-hydroxylation sites is 1. The second-order valence-electron chi connectivity index (χ2n) is 8.47. The number of rotatable bonds is 5. The Morgan fingerprint density at radius 1 is 0.769 bits per heavy atom. The minimum Gasteiger partial charge on any atom is -0.508 e. The molecule has 4 nitrogen and oxygen atoms in total. The first-order valence-electron chi connectivity index (χ1n) is 10.1. The van der Waals surface area contributed by atoms with E-state index < -0.39 is 0 Å². The van der Waals surface area contributed by atoms with Crippen molar-refractivity contribution in [2.75, 3.05) is 0 Å². The number of hydrogen-bond donors (Lipinski definition) is 1. The van der Waals surface area contributed by atoms with Crippen LogP contribution in [-0.2, 0) is 14.7 Å². The Labute approximate surface area is 154 Å². The lowest BCUT2D eigenvalue weighted by molar-refractivity contribution is -0.364. The molecule has 3 fully saturated rings. The third-order valence-corrected chi connectivity index (χ3v) is 6.56. The normalized spacial score (nSPS) is 37.4. The molecule has 2 bridgehead atoms. The first-order valence-corrected chi connectivity index (χ1v) is 10.1. The van der Waals surface area contributed by atoms with Crippen molar-refractivity contribution < 1.29 is 24.3 Å². The summed E-state index contributed by atoms with van der Waals surface area (Å²) < 4.78 is 12.5. The largest absolute Gasteiger partial charge is 0.508 e. The third-order valence-electron chi connectivity index (χ3n) is 6.56. The van der Waals surface area contributed by atoms with Crippen LogP contribution in [0.2, 0.25) is 0 Å². The fraction of sp³-hybridized carbons (Fsp3) is 0.714. The van der Waals surface area contributed by atoms with Gasteiger partial charge in [0, 0.05) is 0 Å². The van der Waals surface area contributed by atoms with Gasteiger partial charge in [-0.05, 0) is 91.7 Å². The number of aromatic hydroxyl groups is 1. The van der Waals surface area contributed by atoms with E-state index in [9.17, 15) is 9.63 Å². The van der Waals surface area contributed by atoms with Crippen molar-refractivity contribution in [2.24, 2.45) is 11.8 Å². The summed E-state index contributed by atoms with van der Waals surface area (Å²) in [5, 5.41) is 10.0. The Morgan fingerprint density at radius 2 is 1.38 bits per heavy atom. The predicted octanol–water partition coefficient (Wildman–Crippen LogP) is 5.22. The average Bonchev–Trinajstić information content (AvgIpc) is 2.66. The Hall–Kier alpha value is -1.17. The first kappa shape index (κ1) is 18.2. The number of hydrogen-bond acceptors (Lipinski definition) is 4. The van der Waals surface area contributed by atoms with Gasteiger partial charge >= 0.3 is 0 Å². The lowest BCUT2D eigenvalue weighted by Crippen LogP contribution is -2.37. The summed E-state index contributed by atoms with van der Waals surface area (Å²) in [7, 11) is 0. The molecule has 144 valence electrons. The second kappa shape index (κ2) is 8.24. The van der Waals surface area contributed by atoms with E-state index in [1.807, 2.05) is 18.2 Å². The molecule has 0 heterocycles. The van der Waals surface area contributed by atoms with Crippen molar-refractivity contribution in [1.82, 2.24) is 0 Å². The fourth-order valence-corrected chi connectivity index (χ4v) is 5.34.